The minimum absolute atomic E-state index is 0.0269. The lowest BCUT2D eigenvalue weighted by Gasteiger charge is -2.32. The van der Waals surface area contributed by atoms with E-state index in [4.69, 9.17) is 15.9 Å². The number of carbonyl (C=O) groups is 3. The van der Waals surface area contributed by atoms with Gasteiger partial charge in [0.2, 0.25) is 0 Å². The van der Waals surface area contributed by atoms with Crippen LogP contribution in [0.15, 0.2) is 47.1 Å². The molecule has 9 nitrogen and oxygen atoms in total. The normalized spacial score (nSPS) is 15.0. The summed E-state index contributed by atoms with van der Waals surface area (Å²) in [5, 5.41) is 3.11. The number of nitrogens with one attached hydrogen (secondary N) is 1. The molecular formula is C24H27N5O4S. The summed E-state index contributed by atoms with van der Waals surface area (Å²) in [6.07, 6.45) is 6.48. The van der Waals surface area contributed by atoms with E-state index in [0.717, 1.165) is 49.2 Å². The monoisotopic (exact) mass is 481 g/mol. The zero-order chi connectivity index (χ0) is 24.2. The van der Waals surface area contributed by atoms with Crippen molar-refractivity contribution in [2.24, 2.45) is 5.73 Å². The highest BCUT2D eigenvalue weighted by Crippen LogP contribution is 2.35. The van der Waals surface area contributed by atoms with Crippen LogP contribution in [0.25, 0.3) is 0 Å². The topological polar surface area (TPSA) is 145 Å². The molecule has 1 atom stereocenters. The first-order valence-electron chi connectivity index (χ1n) is 11.2. The molecule has 1 fully saturated rings. The van der Waals surface area contributed by atoms with Crippen molar-refractivity contribution in [2.45, 2.75) is 51.1 Å². The second kappa shape index (κ2) is 10.1. The lowest BCUT2D eigenvalue weighted by molar-refractivity contribution is -0.123. The molecule has 1 aliphatic carbocycles. The maximum atomic E-state index is 13.9. The van der Waals surface area contributed by atoms with Crippen LogP contribution >= 0.6 is 11.5 Å². The molecule has 0 radical (unpaired) electrons. The number of benzene rings is 1. The number of carbonyl (C=O) groups excluding carboxylic acids is 3. The third-order valence-corrected chi connectivity index (χ3v) is 6.87. The van der Waals surface area contributed by atoms with Gasteiger partial charge in [-0.05, 0) is 55.1 Å². The maximum absolute atomic E-state index is 13.9. The van der Waals surface area contributed by atoms with Crippen LogP contribution in [0.5, 0.6) is 0 Å². The van der Waals surface area contributed by atoms with Crippen LogP contribution in [0.3, 0.4) is 0 Å². The number of amides is 3. The molecule has 3 aromatic rings. The molecule has 2 aromatic heterocycles. The Morgan fingerprint density at radius 1 is 1.15 bits per heavy atom. The summed E-state index contributed by atoms with van der Waals surface area (Å²) >= 11 is 0.774. The van der Waals surface area contributed by atoms with E-state index in [1.165, 1.54) is 11.2 Å². The Labute approximate surface area is 201 Å². The Hall–Kier alpha value is -3.66. The first-order chi connectivity index (χ1) is 16.4. The second-order valence-corrected chi connectivity index (χ2v) is 9.13. The molecule has 0 spiro atoms. The lowest BCUT2D eigenvalue weighted by Crippen LogP contribution is -2.47. The number of furan rings is 1. The van der Waals surface area contributed by atoms with Crippen LogP contribution in [-0.4, -0.2) is 28.1 Å². The molecule has 0 aliphatic heterocycles. The summed E-state index contributed by atoms with van der Waals surface area (Å²) in [4.78, 5) is 40.7. The Bertz CT molecular complexity index is 1180. The highest BCUT2D eigenvalue weighted by atomic mass is 32.1. The van der Waals surface area contributed by atoms with Gasteiger partial charge in [0.1, 0.15) is 10.6 Å². The summed E-state index contributed by atoms with van der Waals surface area (Å²) < 4.78 is 9.60. The Morgan fingerprint density at radius 3 is 2.50 bits per heavy atom. The summed E-state index contributed by atoms with van der Waals surface area (Å²) in [7, 11) is 0. The van der Waals surface area contributed by atoms with Crippen LogP contribution in [-0.2, 0) is 4.79 Å². The summed E-state index contributed by atoms with van der Waals surface area (Å²) in [5.74, 6) is -1.44. The summed E-state index contributed by atoms with van der Waals surface area (Å²) in [6.45, 7) is 1.85. The predicted molar refractivity (Wildman–Crippen MR) is 129 cm³/mol. The van der Waals surface area contributed by atoms with Crippen LogP contribution in [0.2, 0.25) is 0 Å². The Balaban J connectivity index is 1.81. The fourth-order valence-electron chi connectivity index (χ4n) is 4.29. The Kier molecular flexibility index (Phi) is 6.97. The molecule has 1 aliphatic rings. The van der Waals surface area contributed by atoms with E-state index in [1.807, 2.05) is 19.1 Å². The van der Waals surface area contributed by atoms with Crippen molar-refractivity contribution in [3.63, 3.8) is 0 Å². The van der Waals surface area contributed by atoms with Gasteiger partial charge in [-0.1, -0.05) is 37.5 Å². The largest absolute Gasteiger partial charge is 0.467 e. The van der Waals surface area contributed by atoms with Gasteiger partial charge >= 0.3 is 0 Å². The molecule has 34 heavy (non-hydrogen) atoms. The second-order valence-electron chi connectivity index (χ2n) is 8.36. The molecule has 0 saturated heterocycles. The van der Waals surface area contributed by atoms with Gasteiger partial charge in [0, 0.05) is 11.7 Å². The van der Waals surface area contributed by atoms with Crippen molar-refractivity contribution in [2.75, 3.05) is 10.6 Å². The van der Waals surface area contributed by atoms with E-state index < -0.39 is 17.9 Å². The third kappa shape index (κ3) is 4.67. The fraction of sp³-hybridized carbons (Fsp3) is 0.333. The lowest BCUT2D eigenvalue weighted by atomic mass is 9.95. The number of para-hydroxylation sites is 1. The van der Waals surface area contributed by atoms with E-state index in [0.29, 0.717) is 11.4 Å². The van der Waals surface area contributed by atoms with Crippen LogP contribution in [0, 0.1) is 6.92 Å². The molecule has 1 aromatic carbocycles. The quantitative estimate of drug-likeness (QED) is 0.470. The number of nitrogens with two attached hydrogens (primary N) is 2. The summed E-state index contributed by atoms with van der Waals surface area (Å²) in [5.41, 5.74) is 12.4. The van der Waals surface area contributed by atoms with Crippen molar-refractivity contribution < 1.29 is 18.8 Å². The Morgan fingerprint density at radius 2 is 1.88 bits per heavy atom. The van der Waals surface area contributed by atoms with Crippen LogP contribution < -0.4 is 21.7 Å². The third-order valence-electron chi connectivity index (χ3n) is 6.02. The van der Waals surface area contributed by atoms with E-state index in [1.54, 1.807) is 24.3 Å². The van der Waals surface area contributed by atoms with Crippen molar-refractivity contribution >= 4 is 40.6 Å². The van der Waals surface area contributed by atoms with E-state index in [9.17, 15) is 14.4 Å². The zero-order valence-corrected chi connectivity index (χ0v) is 19.6. The molecule has 3 amide bonds. The fourth-order valence-corrected chi connectivity index (χ4v) is 5.03. The highest BCUT2D eigenvalue weighted by Gasteiger charge is 2.38. The zero-order valence-electron chi connectivity index (χ0n) is 18.8. The predicted octanol–water partition coefficient (Wildman–Crippen LogP) is 3.56. The SMILES string of the molecule is Cc1ccccc1N(C(=O)c1snc(C(N)=O)c1N)C(C(=O)NC1CCCCC1)c1ccco1. The average molecular weight is 482 g/mol. The first kappa shape index (κ1) is 23.5. The number of hydrogen-bond acceptors (Lipinski definition) is 7. The molecule has 1 saturated carbocycles. The molecule has 2 heterocycles. The molecule has 0 bridgehead atoms. The van der Waals surface area contributed by atoms with E-state index >= 15 is 0 Å². The maximum Gasteiger partial charge on any atom is 0.273 e. The molecule has 5 N–H and O–H groups in total. The van der Waals surface area contributed by atoms with Crippen LogP contribution in [0.1, 0.15) is 69.6 Å². The molecule has 1 unspecified atom stereocenters. The smallest absolute Gasteiger partial charge is 0.273 e. The van der Waals surface area contributed by atoms with Crippen molar-refractivity contribution in [1.29, 1.82) is 0 Å². The van der Waals surface area contributed by atoms with Gasteiger partial charge in [-0.25, -0.2) is 0 Å². The number of hydrogen-bond donors (Lipinski definition) is 3. The van der Waals surface area contributed by atoms with Gasteiger partial charge in [0.15, 0.2) is 11.7 Å². The highest BCUT2D eigenvalue weighted by molar-refractivity contribution is 7.09. The summed E-state index contributed by atoms with van der Waals surface area (Å²) in [6, 6.07) is 9.50. The minimum Gasteiger partial charge on any atom is -0.467 e. The van der Waals surface area contributed by atoms with Crippen LogP contribution in [0.4, 0.5) is 11.4 Å². The van der Waals surface area contributed by atoms with E-state index in [2.05, 4.69) is 9.69 Å². The first-order valence-corrected chi connectivity index (χ1v) is 11.9. The molecule has 178 valence electrons. The minimum atomic E-state index is -1.09. The number of nitrogen functional groups attached to an aromatic ring is 1. The van der Waals surface area contributed by atoms with Crippen molar-refractivity contribution in [3.05, 3.63) is 64.6 Å². The number of nitrogens with zero attached hydrogens (tertiary/aromatic N) is 2. The van der Waals surface area contributed by atoms with Crippen molar-refractivity contribution in [1.82, 2.24) is 9.69 Å². The van der Waals surface area contributed by atoms with Gasteiger partial charge in [-0.2, -0.15) is 4.37 Å². The average Bonchev–Trinajstić information content (AvgIpc) is 3.48. The molecule has 10 heteroatoms. The molecule has 4 rings (SSSR count). The number of primary amides is 1. The number of aryl methyl sites for hydroxylation is 1. The van der Waals surface area contributed by atoms with Gasteiger partial charge in [-0.3, -0.25) is 19.3 Å². The number of aromatic nitrogens is 1. The number of rotatable bonds is 7. The van der Waals surface area contributed by atoms with Gasteiger partial charge < -0.3 is 21.2 Å². The van der Waals surface area contributed by atoms with E-state index in [-0.39, 0.29) is 28.2 Å². The van der Waals surface area contributed by atoms with Gasteiger partial charge in [0.25, 0.3) is 17.7 Å². The molecular weight excluding hydrogens is 454 g/mol. The standard InChI is InChI=1S/C24H27N5O4S/c1-14-8-5-6-11-16(14)29(24(32)21-18(25)19(22(26)30)28-34-21)20(17-12-7-13-33-17)23(31)27-15-9-3-2-4-10-15/h5-8,11-13,15,20H,2-4,9-10,25H2,1H3,(H2,26,30)(H,27,31). The van der Waals surface area contributed by atoms with Gasteiger partial charge in [0.05, 0.1) is 12.0 Å². The van der Waals surface area contributed by atoms with Crippen molar-refractivity contribution in [3.8, 4) is 0 Å². The number of anilines is 2. The van der Waals surface area contributed by atoms with Gasteiger partial charge in [-0.15, -0.1) is 0 Å².